The van der Waals surface area contributed by atoms with Crippen LogP contribution in [0.4, 0.5) is 5.69 Å². The maximum atomic E-state index is 3.86. The van der Waals surface area contributed by atoms with Crippen molar-refractivity contribution in [2.24, 2.45) is 17.8 Å². The Hall–Kier alpha value is -0.980. The van der Waals surface area contributed by atoms with E-state index >= 15 is 0 Å². The highest BCUT2D eigenvalue weighted by atomic mass is 15.0. The highest BCUT2D eigenvalue weighted by molar-refractivity contribution is 5.57. The van der Waals surface area contributed by atoms with Crippen molar-refractivity contribution in [3.63, 3.8) is 0 Å². The molecule has 1 N–H and O–H groups in total. The number of para-hydroxylation sites is 1. The molecule has 0 amide bonds. The lowest BCUT2D eigenvalue weighted by atomic mass is 9.85. The predicted molar refractivity (Wildman–Crippen MR) is 73.3 cm³/mol. The minimum absolute atomic E-state index is 0.716. The molecule has 0 aromatic heterocycles. The summed E-state index contributed by atoms with van der Waals surface area (Å²) in [7, 11) is 0. The van der Waals surface area contributed by atoms with Crippen LogP contribution in [0.1, 0.15) is 37.3 Å². The maximum Gasteiger partial charge on any atom is 0.0401 e. The number of nitrogens with one attached hydrogen (secondary N) is 1. The van der Waals surface area contributed by atoms with Crippen molar-refractivity contribution >= 4 is 5.69 Å². The van der Waals surface area contributed by atoms with Gasteiger partial charge in [0.05, 0.1) is 0 Å². The zero-order valence-corrected chi connectivity index (χ0v) is 11.2. The van der Waals surface area contributed by atoms with Crippen molar-refractivity contribution in [3.8, 4) is 0 Å². The van der Waals surface area contributed by atoms with E-state index in [1.54, 1.807) is 0 Å². The van der Waals surface area contributed by atoms with Crippen LogP contribution in [0.15, 0.2) is 18.2 Å². The highest BCUT2D eigenvalue weighted by Gasteiger charge is 2.45. The van der Waals surface area contributed by atoms with E-state index in [-0.39, 0.29) is 0 Å². The van der Waals surface area contributed by atoms with Gasteiger partial charge in [-0.2, -0.15) is 0 Å². The van der Waals surface area contributed by atoms with Crippen LogP contribution in [0, 0.1) is 31.6 Å². The smallest absolute Gasteiger partial charge is 0.0401 e. The number of fused-ring (bicyclic) bond motifs is 2. The third kappa shape index (κ3) is 1.76. The molecule has 1 aromatic carbocycles. The first kappa shape index (κ1) is 11.1. The van der Waals surface area contributed by atoms with Crippen LogP contribution in [-0.4, -0.2) is 6.04 Å². The molecule has 0 heterocycles. The van der Waals surface area contributed by atoms with Gasteiger partial charge in [-0.1, -0.05) is 25.1 Å². The Labute approximate surface area is 105 Å². The Morgan fingerprint density at radius 1 is 1.06 bits per heavy atom. The topological polar surface area (TPSA) is 12.0 Å². The first-order chi connectivity index (χ1) is 8.16. The predicted octanol–water partition coefficient (Wildman–Crippen LogP) is 4.15. The second kappa shape index (κ2) is 4.04. The number of rotatable bonds is 2. The first-order valence-corrected chi connectivity index (χ1v) is 6.99. The Morgan fingerprint density at radius 2 is 1.71 bits per heavy atom. The van der Waals surface area contributed by atoms with Crippen LogP contribution in [0.5, 0.6) is 0 Å². The van der Waals surface area contributed by atoms with Gasteiger partial charge in [-0.05, 0) is 62.0 Å². The molecule has 1 aromatic rings. The minimum Gasteiger partial charge on any atom is -0.381 e. The van der Waals surface area contributed by atoms with E-state index in [1.165, 1.54) is 36.1 Å². The molecule has 2 unspecified atom stereocenters. The maximum absolute atomic E-state index is 3.86. The first-order valence-electron chi connectivity index (χ1n) is 6.99. The molecule has 2 saturated carbocycles. The fraction of sp³-hybridized carbons (Fsp3) is 0.625. The van der Waals surface area contributed by atoms with Gasteiger partial charge in [0.1, 0.15) is 0 Å². The molecule has 1 nitrogen and oxygen atoms in total. The monoisotopic (exact) mass is 229 g/mol. The van der Waals surface area contributed by atoms with Crippen LogP contribution in [-0.2, 0) is 0 Å². The van der Waals surface area contributed by atoms with E-state index in [2.05, 4.69) is 44.3 Å². The number of anilines is 1. The fourth-order valence-electron chi connectivity index (χ4n) is 4.04. The summed E-state index contributed by atoms with van der Waals surface area (Å²) in [5.74, 6) is 2.77. The van der Waals surface area contributed by atoms with E-state index in [1.807, 2.05) is 0 Å². The van der Waals surface area contributed by atoms with E-state index in [4.69, 9.17) is 0 Å². The highest BCUT2D eigenvalue weighted by Crippen LogP contribution is 2.49. The van der Waals surface area contributed by atoms with Gasteiger partial charge in [0.25, 0.3) is 0 Å². The Balaban J connectivity index is 1.84. The summed E-state index contributed by atoms with van der Waals surface area (Å²) in [5, 5.41) is 3.86. The van der Waals surface area contributed by atoms with Gasteiger partial charge in [-0.3, -0.25) is 0 Å². The molecular weight excluding hydrogens is 206 g/mol. The molecule has 92 valence electrons. The molecule has 2 fully saturated rings. The minimum atomic E-state index is 0.716. The van der Waals surface area contributed by atoms with Crippen molar-refractivity contribution in [1.82, 2.24) is 0 Å². The Kier molecular flexibility index (Phi) is 2.65. The molecule has 2 aliphatic rings. The standard InChI is InChI=1S/C16H23N/c1-10-5-4-6-11(2)15(10)17-16-12(3)13-7-8-14(16)9-13/h4-6,12-14,16-17H,7-9H2,1-3H3/t12-,13?,14?,16-/m1/s1. The average molecular weight is 229 g/mol. The molecular formula is C16H23N. The van der Waals surface area contributed by atoms with Crippen molar-refractivity contribution < 1.29 is 0 Å². The molecule has 0 saturated heterocycles. The number of aryl methyl sites for hydroxylation is 2. The van der Waals surface area contributed by atoms with Gasteiger partial charge >= 0.3 is 0 Å². The van der Waals surface area contributed by atoms with Gasteiger partial charge in [0.2, 0.25) is 0 Å². The van der Waals surface area contributed by atoms with Crippen molar-refractivity contribution in [3.05, 3.63) is 29.3 Å². The van der Waals surface area contributed by atoms with Gasteiger partial charge in [0.15, 0.2) is 0 Å². The van der Waals surface area contributed by atoms with Crippen LogP contribution in [0.3, 0.4) is 0 Å². The SMILES string of the molecule is Cc1cccc(C)c1N[C@H]1C2CCC(C2)[C@H]1C. The van der Waals surface area contributed by atoms with E-state index in [9.17, 15) is 0 Å². The Bertz CT molecular complexity index is 401. The van der Waals surface area contributed by atoms with Gasteiger partial charge < -0.3 is 5.32 Å². The number of benzene rings is 1. The van der Waals surface area contributed by atoms with Crippen molar-refractivity contribution in [2.75, 3.05) is 5.32 Å². The van der Waals surface area contributed by atoms with Gasteiger partial charge in [-0.15, -0.1) is 0 Å². The molecule has 2 bridgehead atoms. The lowest BCUT2D eigenvalue weighted by Crippen LogP contribution is -2.33. The van der Waals surface area contributed by atoms with Crippen LogP contribution < -0.4 is 5.32 Å². The fourth-order valence-corrected chi connectivity index (χ4v) is 4.04. The summed E-state index contributed by atoms with van der Waals surface area (Å²) in [6.07, 6.45) is 4.37. The van der Waals surface area contributed by atoms with Crippen LogP contribution >= 0.6 is 0 Å². The molecule has 0 spiro atoms. The van der Waals surface area contributed by atoms with Crippen molar-refractivity contribution in [1.29, 1.82) is 0 Å². The lowest BCUT2D eigenvalue weighted by molar-refractivity contribution is 0.328. The molecule has 0 aliphatic heterocycles. The molecule has 1 heteroatoms. The molecule has 17 heavy (non-hydrogen) atoms. The van der Waals surface area contributed by atoms with Crippen LogP contribution in [0.2, 0.25) is 0 Å². The molecule has 0 radical (unpaired) electrons. The summed E-state index contributed by atoms with van der Waals surface area (Å²) in [6.45, 7) is 6.87. The molecule has 2 aliphatic carbocycles. The van der Waals surface area contributed by atoms with Gasteiger partial charge in [-0.25, -0.2) is 0 Å². The normalized spacial score (nSPS) is 35.2. The number of hydrogen-bond donors (Lipinski definition) is 1. The van der Waals surface area contributed by atoms with Gasteiger partial charge in [0, 0.05) is 11.7 Å². The zero-order chi connectivity index (χ0) is 12.0. The Morgan fingerprint density at radius 3 is 2.29 bits per heavy atom. The van der Waals surface area contributed by atoms with E-state index < -0.39 is 0 Å². The average Bonchev–Trinajstić information content (AvgIpc) is 2.86. The zero-order valence-electron chi connectivity index (χ0n) is 11.2. The third-order valence-corrected chi connectivity index (χ3v) is 5.12. The molecule has 4 atom stereocenters. The second-order valence-electron chi connectivity index (χ2n) is 6.13. The van der Waals surface area contributed by atoms with Crippen molar-refractivity contribution in [2.45, 2.75) is 46.1 Å². The quantitative estimate of drug-likeness (QED) is 0.803. The van der Waals surface area contributed by atoms with E-state index in [0.717, 1.165) is 17.8 Å². The third-order valence-electron chi connectivity index (χ3n) is 5.12. The largest absolute Gasteiger partial charge is 0.381 e. The lowest BCUT2D eigenvalue weighted by Gasteiger charge is -2.31. The summed E-state index contributed by atoms with van der Waals surface area (Å²) < 4.78 is 0. The summed E-state index contributed by atoms with van der Waals surface area (Å²) in [4.78, 5) is 0. The molecule has 3 rings (SSSR count). The second-order valence-corrected chi connectivity index (χ2v) is 6.13. The summed E-state index contributed by atoms with van der Waals surface area (Å²) >= 11 is 0. The number of hydrogen-bond acceptors (Lipinski definition) is 1. The van der Waals surface area contributed by atoms with E-state index in [0.29, 0.717) is 6.04 Å². The van der Waals surface area contributed by atoms with Crippen LogP contribution in [0.25, 0.3) is 0 Å². The summed E-state index contributed by atoms with van der Waals surface area (Å²) in [6, 6.07) is 7.30. The summed E-state index contributed by atoms with van der Waals surface area (Å²) in [5.41, 5.74) is 4.16.